The van der Waals surface area contributed by atoms with Crippen LogP contribution in [-0.2, 0) is 0 Å². The van der Waals surface area contributed by atoms with Crippen LogP contribution in [0.1, 0.15) is 49.6 Å². The van der Waals surface area contributed by atoms with Gasteiger partial charge in [0.05, 0.1) is 0 Å². The molecule has 1 aromatic rings. The normalized spacial score (nSPS) is 26.3. The molecule has 1 N–H and O–H groups in total. The van der Waals surface area contributed by atoms with Crippen LogP contribution in [0.25, 0.3) is 0 Å². The summed E-state index contributed by atoms with van der Waals surface area (Å²) >= 11 is 4.02. The highest BCUT2D eigenvalue weighted by Gasteiger charge is 2.26. The summed E-state index contributed by atoms with van der Waals surface area (Å²) in [6.45, 7) is 6.79. The van der Waals surface area contributed by atoms with Gasteiger partial charge in [-0.3, -0.25) is 0 Å². The van der Waals surface area contributed by atoms with Crippen LogP contribution >= 0.6 is 23.1 Å². The summed E-state index contributed by atoms with van der Waals surface area (Å²) in [6.07, 6.45) is 4.10. The van der Waals surface area contributed by atoms with E-state index in [0.29, 0.717) is 6.04 Å². The maximum absolute atomic E-state index is 3.81. The first-order chi connectivity index (χ1) is 8.20. The Labute approximate surface area is 113 Å². The molecule has 0 aromatic carbocycles. The number of nitrogens with one attached hydrogen (secondary N) is 1. The Hall–Kier alpha value is 0.0100. The molecule has 0 radical (unpaired) electrons. The third-order valence-corrected chi connectivity index (χ3v) is 6.00. The first kappa shape index (κ1) is 13.4. The Bertz CT molecular complexity index is 348. The van der Waals surface area contributed by atoms with Gasteiger partial charge >= 0.3 is 0 Å². The van der Waals surface area contributed by atoms with Gasteiger partial charge in [0.25, 0.3) is 0 Å². The van der Waals surface area contributed by atoms with Gasteiger partial charge in [-0.25, -0.2) is 0 Å². The lowest BCUT2D eigenvalue weighted by Crippen LogP contribution is -2.29. The second-order valence-corrected chi connectivity index (χ2v) is 7.47. The highest BCUT2D eigenvalue weighted by Crippen LogP contribution is 2.32. The zero-order valence-electron chi connectivity index (χ0n) is 11.0. The Balaban J connectivity index is 1.84. The molecule has 1 aliphatic carbocycles. The van der Waals surface area contributed by atoms with Crippen LogP contribution in [0.2, 0.25) is 0 Å². The largest absolute Gasteiger partial charge is 0.307 e. The van der Waals surface area contributed by atoms with E-state index in [1.807, 2.05) is 11.3 Å². The van der Waals surface area contributed by atoms with Crippen molar-refractivity contribution < 1.29 is 0 Å². The van der Waals surface area contributed by atoms with Gasteiger partial charge < -0.3 is 5.32 Å². The van der Waals surface area contributed by atoms with Crippen LogP contribution in [0.4, 0.5) is 0 Å². The van der Waals surface area contributed by atoms with Gasteiger partial charge in [-0.05, 0) is 55.9 Å². The molecule has 3 unspecified atom stereocenters. The van der Waals surface area contributed by atoms with Crippen LogP contribution in [0, 0.1) is 6.92 Å². The van der Waals surface area contributed by atoms with Gasteiger partial charge in [0.2, 0.25) is 0 Å². The van der Waals surface area contributed by atoms with Gasteiger partial charge in [0, 0.05) is 22.2 Å². The first-order valence-electron chi connectivity index (χ1n) is 6.62. The number of aryl methyl sites for hydroxylation is 1. The predicted octanol–water partition coefficient (Wildman–Crippen LogP) is 4.38. The Morgan fingerprint density at radius 2 is 2.35 bits per heavy atom. The van der Waals surface area contributed by atoms with E-state index in [4.69, 9.17) is 0 Å². The van der Waals surface area contributed by atoms with Gasteiger partial charge in [0.15, 0.2) is 0 Å². The molecule has 1 heterocycles. The van der Waals surface area contributed by atoms with Crippen molar-refractivity contribution in [1.29, 1.82) is 0 Å². The summed E-state index contributed by atoms with van der Waals surface area (Å²) in [6, 6.07) is 3.48. The molecule has 3 heteroatoms. The van der Waals surface area contributed by atoms with E-state index in [0.717, 1.165) is 11.3 Å². The predicted molar refractivity (Wildman–Crippen MR) is 80.2 cm³/mol. The van der Waals surface area contributed by atoms with Gasteiger partial charge in [-0.2, -0.15) is 11.8 Å². The minimum atomic E-state index is 0.519. The molecular weight excluding hydrogens is 246 g/mol. The molecule has 1 saturated carbocycles. The quantitative estimate of drug-likeness (QED) is 0.851. The summed E-state index contributed by atoms with van der Waals surface area (Å²) in [4.78, 5) is 1.51. The van der Waals surface area contributed by atoms with E-state index >= 15 is 0 Å². The number of rotatable bonds is 5. The standard InChI is InChI=1S/C14H23NS2/c1-4-16-13-6-5-12(9-13)15-11(3)14-10(2)7-8-17-14/h7-8,11-13,15H,4-6,9H2,1-3H3. The SMILES string of the molecule is CCSC1CCC(NC(C)c2sccc2C)C1. The van der Waals surface area contributed by atoms with E-state index in [1.165, 1.54) is 35.5 Å². The van der Waals surface area contributed by atoms with Crippen molar-refractivity contribution >= 4 is 23.1 Å². The van der Waals surface area contributed by atoms with Crippen molar-refractivity contribution in [1.82, 2.24) is 5.32 Å². The fourth-order valence-corrected chi connectivity index (χ4v) is 4.82. The maximum atomic E-state index is 3.81. The molecular formula is C14H23NS2. The zero-order chi connectivity index (χ0) is 12.3. The second-order valence-electron chi connectivity index (χ2n) is 4.94. The summed E-state index contributed by atoms with van der Waals surface area (Å²) in [7, 11) is 0. The van der Waals surface area contributed by atoms with Gasteiger partial charge in [-0.15, -0.1) is 11.3 Å². The van der Waals surface area contributed by atoms with Crippen molar-refractivity contribution in [2.45, 2.75) is 57.4 Å². The van der Waals surface area contributed by atoms with Crippen LogP contribution in [0.3, 0.4) is 0 Å². The van der Waals surface area contributed by atoms with Crippen molar-refractivity contribution in [3.05, 3.63) is 21.9 Å². The average molecular weight is 269 g/mol. The third-order valence-electron chi connectivity index (χ3n) is 3.57. The Morgan fingerprint density at radius 3 is 3.00 bits per heavy atom. The zero-order valence-corrected chi connectivity index (χ0v) is 12.7. The summed E-state index contributed by atoms with van der Waals surface area (Å²) < 4.78 is 0. The van der Waals surface area contributed by atoms with Crippen LogP contribution in [0.15, 0.2) is 11.4 Å². The Kier molecular flexibility index (Phi) is 4.95. The van der Waals surface area contributed by atoms with Crippen molar-refractivity contribution in [3.63, 3.8) is 0 Å². The lowest BCUT2D eigenvalue weighted by Gasteiger charge is -2.19. The molecule has 17 heavy (non-hydrogen) atoms. The van der Waals surface area contributed by atoms with Crippen molar-refractivity contribution in [2.75, 3.05) is 5.75 Å². The number of hydrogen-bond acceptors (Lipinski definition) is 3. The average Bonchev–Trinajstić information content (AvgIpc) is 2.88. The lowest BCUT2D eigenvalue weighted by atomic mass is 10.1. The molecule has 0 spiro atoms. The number of thiophene rings is 1. The highest BCUT2D eigenvalue weighted by molar-refractivity contribution is 7.99. The summed E-state index contributed by atoms with van der Waals surface area (Å²) in [5, 5.41) is 6.91. The van der Waals surface area contributed by atoms with Crippen molar-refractivity contribution in [3.8, 4) is 0 Å². The minimum absolute atomic E-state index is 0.519. The van der Waals surface area contributed by atoms with Gasteiger partial charge in [-0.1, -0.05) is 6.92 Å². The van der Waals surface area contributed by atoms with Crippen LogP contribution in [0.5, 0.6) is 0 Å². The molecule has 0 saturated heterocycles. The second kappa shape index (κ2) is 6.26. The Morgan fingerprint density at radius 1 is 1.53 bits per heavy atom. The van der Waals surface area contributed by atoms with Crippen LogP contribution in [-0.4, -0.2) is 17.0 Å². The molecule has 96 valence electrons. The summed E-state index contributed by atoms with van der Waals surface area (Å²) in [5.41, 5.74) is 1.44. The molecule has 3 atom stereocenters. The molecule has 0 bridgehead atoms. The molecule has 2 rings (SSSR count). The maximum Gasteiger partial charge on any atom is 0.0390 e. The molecule has 1 fully saturated rings. The van der Waals surface area contributed by atoms with E-state index in [9.17, 15) is 0 Å². The smallest absolute Gasteiger partial charge is 0.0390 e. The van der Waals surface area contributed by atoms with Crippen LogP contribution < -0.4 is 5.32 Å². The van der Waals surface area contributed by atoms with E-state index < -0.39 is 0 Å². The minimum Gasteiger partial charge on any atom is -0.307 e. The van der Waals surface area contributed by atoms with Gasteiger partial charge in [0.1, 0.15) is 0 Å². The van der Waals surface area contributed by atoms with E-state index in [-0.39, 0.29) is 0 Å². The molecule has 1 nitrogen and oxygen atoms in total. The lowest BCUT2D eigenvalue weighted by molar-refractivity contribution is 0.465. The van der Waals surface area contributed by atoms with Crippen molar-refractivity contribution in [2.24, 2.45) is 0 Å². The fraction of sp³-hybridized carbons (Fsp3) is 0.714. The number of hydrogen-bond donors (Lipinski definition) is 1. The highest BCUT2D eigenvalue weighted by atomic mass is 32.2. The molecule has 0 amide bonds. The van der Waals surface area contributed by atoms with E-state index in [1.54, 1.807) is 0 Å². The number of thioether (sulfide) groups is 1. The topological polar surface area (TPSA) is 12.0 Å². The molecule has 0 aliphatic heterocycles. The fourth-order valence-electron chi connectivity index (χ4n) is 2.74. The molecule has 1 aromatic heterocycles. The first-order valence-corrected chi connectivity index (χ1v) is 8.55. The third kappa shape index (κ3) is 3.49. The monoisotopic (exact) mass is 269 g/mol. The van der Waals surface area contributed by atoms with E-state index in [2.05, 4.69) is 49.3 Å². The molecule has 1 aliphatic rings. The summed E-state index contributed by atoms with van der Waals surface area (Å²) in [5.74, 6) is 1.26.